The van der Waals surface area contributed by atoms with Crippen LogP contribution in [0.25, 0.3) is 0 Å². The van der Waals surface area contributed by atoms with E-state index >= 15 is 0 Å². The van der Waals surface area contributed by atoms with E-state index in [-0.39, 0.29) is 24.4 Å². The second-order valence-corrected chi connectivity index (χ2v) is 8.63. The summed E-state index contributed by atoms with van der Waals surface area (Å²) in [6.07, 6.45) is 0. The molecule has 0 saturated heterocycles. The first-order valence-electron chi connectivity index (χ1n) is 9.64. The second kappa shape index (κ2) is 11.0. The maximum atomic E-state index is 13.3. The van der Waals surface area contributed by atoms with Gasteiger partial charge in [0, 0.05) is 32.3 Å². The van der Waals surface area contributed by atoms with Crippen LogP contribution < -0.4 is 14.8 Å². The summed E-state index contributed by atoms with van der Waals surface area (Å²) in [5.74, 6) is 2.69. The summed E-state index contributed by atoms with van der Waals surface area (Å²) in [5.41, 5.74) is 0.763. The first-order valence-corrected chi connectivity index (χ1v) is 11.4. The molecule has 0 N–H and O–H groups in total. The van der Waals surface area contributed by atoms with Gasteiger partial charge in [0.05, 0.1) is 5.30 Å². The monoisotopic (exact) mass is 419 g/mol. The molecule has 31 heavy (non-hydrogen) atoms. The molecule has 1 atom stereocenters. The molecule has 3 nitrogen and oxygen atoms in total. The molecule has 0 aliphatic heterocycles. The molecule has 0 heterocycles. The van der Waals surface area contributed by atoms with Gasteiger partial charge in [-0.05, 0) is 43.1 Å². The summed E-state index contributed by atoms with van der Waals surface area (Å²) in [5, 5.41) is 0.786. The second-order valence-electron chi connectivity index (χ2n) is 6.66. The van der Waals surface area contributed by atoms with E-state index in [9.17, 15) is 4.79 Å². The van der Waals surface area contributed by atoms with Crippen LogP contribution >= 0.6 is 7.92 Å². The fraction of sp³-hybridized carbons (Fsp3) is 0.0385. The molecule has 0 spiro atoms. The fourth-order valence-electron chi connectivity index (χ4n) is 3.10. The Labute approximate surface area is 196 Å². The van der Waals surface area contributed by atoms with Crippen molar-refractivity contribution in [2.45, 2.75) is 0 Å². The zero-order valence-electron chi connectivity index (χ0n) is 17.6. The average molecular weight is 419 g/mol. The summed E-state index contributed by atoms with van der Waals surface area (Å²) in [6.45, 7) is 1.95. The van der Waals surface area contributed by atoms with Gasteiger partial charge >= 0.3 is 0 Å². The molecule has 0 aliphatic rings. The van der Waals surface area contributed by atoms with Gasteiger partial charge in [-0.1, -0.05) is 72.8 Å². The van der Waals surface area contributed by atoms with Gasteiger partial charge in [0.1, 0.15) is 23.0 Å². The number of benzene rings is 4. The van der Waals surface area contributed by atoms with E-state index in [1.807, 2.05) is 116 Å². The molecule has 0 aromatic heterocycles. The van der Waals surface area contributed by atoms with E-state index in [0.29, 0.717) is 28.6 Å². The quantitative estimate of drug-likeness (QED) is 0.254. The zero-order valence-corrected chi connectivity index (χ0v) is 18.5. The van der Waals surface area contributed by atoms with Crippen molar-refractivity contribution in [1.82, 2.24) is 0 Å². The third-order valence-electron chi connectivity index (χ3n) is 4.56. The minimum absolute atomic E-state index is 0. The van der Waals surface area contributed by atoms with Crippen molar-refractivity contribution in [3.05, 3.63) is 115 Å². The maximum Gasteiger partial charge on any atom is 0.188 e. The summed E-state index contributed by atoms with van der Waals surface area (Å²) < 4.78 is 12.4. The van der Waals surface area contributed by atoms with Crippen molar-refractivity contribution in [3.63, 3.8) is 0 Å². The molecule has 1 unspecified atom stereocenters. The Morgan fingerprint density at radius 3 is 1.48 bits per heavy atom. The van der Waals surface area contributed by atoms with Crippen LogP contribution in [-0.4, -0.2) is 31.0 Å². The van der Waals surface area contributed by atoms with Crippen LogP contribution in [0.2, 0.25) is 0 Å². The number of rotatable bonds is 7. The normalized spacial score (nSPS) is 11.1. The van der Waals surface area contributed by atoms with Crippen LogP contribution in [0.15, 0.2) is 109 Å². The molecule has 4 rings (SSSR count). The summed E-state index contributed by atoms with van der Waals surface area (Å²) in [4.78, 5) is 13.3. The minimum atomic E-state index is -1.24. The van der Waals surface area contributed by atoms with Gasteiger partial charge in [0.15, 0.2) is 5.52 Å². The van der Waals surface area contributed by atoms with Gasteiger partial charge in [0.25, 0.3) is 0 Å². The van der Waals surface area contributed by atoms with Crippen molar-refractivity contribution in [1.29, 1.82) is 0 Å². The number of hydrogen-bond acceptors (Lipinski definition) is 3. The maximum absolute atomic E-state index is 13.3. The van der Waals surface area contributed by atoms with E-state index in [2.05, 4.69) is 0 Å². The van der Waals surface area contributed by atoms with Gasteiger partial charge < -0.3 is 9.47 Å². The van der Waals surface area contributed by atoms with Crippen molar-refractivity contribution >= 4 is 37.6 Å². The molecule has 5 heteroatoms. The van der Waals surface area contributed by atoms with E-state index < -0.39 is 7.92 Å². The molecule has 0 bridgehead atoms. The van der Waals surface area contributed by atoms with Crippen molar-refractivity contribution in [2.24, 2.45) is 0 Å². The molecule has 4 aromatic rings. The molecule has 1 radical (unpaired) electrons. The van der Waals surface area contributed by atoms with Crippen LogP contribution in [0.1, 0.15) is 10.4 Å². The van der Waals surface area contributed by atoms with Gasteiger partial charge in [0.2, 0.25) is 0 Å². The summed E-state index contributed by atoms with van der Waals surface area (Å²) in [7, 11) is -1.24. The number of ether oxygens (including phenoxy) is 2. The SMILES string of the molecule is CP(C(=O)c1ccccc1)c1c(Oc2ccccc2)cccc1Oc1ccccc1.[Li]. The third-order valence-corrected chi connectivity index (χ3v) is 6.54. The summed E-state index contributed by atoms with van der Waals surface area (Å²) >= 11 is 0. The van der Waals surface area contributed by atoms with Crippen molar-refractivity contribution < 1.29 is 14.3 Å². The molecule has 0 aliphatic carbocycles. The number of carbonyl (C=O) groups excluding carboxylic acids is 1. The first-order chi connectivity index (χ1) is 14.7. The van der Waals surface area contributed by atoms with Gasteiger partial charge in [-0.2, -0.15) is 0 Å². The van der Waals surface area contributed by atoms with Gasteiger partial charge in [-0.3, -0.25) is 4.79 Å². The van der Waals surface area contributed by atoms with Gasteiger partial charge in [-0.15, -0.1) is 0 Å². The van der Waals surface area contributed by atoms with E-state index in [1.165, 1.54) is 0 Å². The molecule has 149 valence electrons. The van der Waals surface area contributed by atoms with Crippen LogP contribution in [-0.2, 0) is 0 Å². The zero-order chi connectivity index (χ0) is 20.8. The fourth-order valence-corrected chi connectivity index (χ4v) is 4.75. The Hall–Kier alpha value is -2.82. The van der Waals surface area contributed by atoms with Crippen molar-refractivity contribution in [2.75, 3.05) is 6.66 Å². The predicted octanol–water partition coefficient (Wildman–Crippen LogP) is 6.47. The number of carbonyl (C=O) groups is 1. The number of hydrogen-bond donors (Lipinski definition) is 0. The van der Waals surface area contributed by atoms with E-state index in [0.717, 1.165) is 5.30 Å². The Kier molecular flexibility index (Phi) is 8.10. The molecule has 0 fully saturated rings. The largest absolute Gasteiger partial charge is 0.457 e. The predicted molar refractivity (Wildman–Crippen MR) is 128 cm³/mol. The summed E-state index contributed by atoms with van der Waals surface area (Å²) in [6, 6.07) is 34.2. The van der Waals surface area contributed by atoms with E-state index in [4.69, 9.17) is 9.47 Å². The van der Waals surface area contributed by atoms with Crippen molar-refractivity contribution in [3.8, 4) is 23.0 Å². The van der Waals surface area contributed by atoms with E-state index in [1.54, 1.807) is 0 Å². The Morgan fingerprint density at radius 1 is 0.613 bits per heavy atom. The third kappa shape index (κ3) is 5.66. The number of para-hydroxylation sites is 2. The van der Waals surface area contributed by atoms with Crippen LogP contribution in [0.4, 0.5) is 0 Å². The Morgan fingerprint density at radius 2 is 1.03 bits per heavy atom. The standard InChI is InChI=1S/C26H21O3P.Li/c1-30(26(27)20-12-5-2-6-13-20)25-23(28-21-14-7-3-8-15-21)18-11-19-24(25)29-22-16-9-4-10-17-22;/h2-19H,1H3;. The molecule has 4 aromatic carbocycles. The minimum Gasteiger partial charge on any atom is -0.457 e. The van der Waals surface area contributed by atoms with Crippen LogP contribution in [0.3, 0.4) is 0 Å². The Bertz CT molecular complexity index is 1060. The topological polar surface area (TPSA) is 35.5 Å². The van der Waals surface area contributed by atoms with Gasteiger partial charge in [-0.25, -0.2) is 0 Å². The average Bonchev–Trinajstić information content (AvgIpc) is 2.80. The Balaban J connectivity index is 0.00000272. The van der Waals surface area contributed by atoms with Crippen LogP contribution in [0, 0.1) is 0 Å². The first kappa shape index (κ1) is 22.9. The molecule has 0 saturated carbocycles. The van der Waals surface area contributed by atoms with Crippen LogP contribution in [0.5, 0.6) is 23.0 Å². The molecular weight excluding hydrogens is 398 g/mol. The molecule has 0 amide bonds. The smallest absolute Gasteiger partial charge is 0.188 e. The molecular formula is C26H21LiO3P.